The van der Waals surface area contributed by atoms with E-state index < -0.39 is 5.60 Å². The third kappa shape index (κ3) is 4.79. The summed E-state index contributed by atoms with van der Waals surface area (Å²) in [6.45, 7) is 6.71. The Morgan fingerprint density at radius 3 is 2.69 bits per heavy atom. The van der Waals surface area contributed by atoms with Gasteiger partial charge in [-0.15, -0.1) is 11.3 Å². The molecule has 1 aliphatic heterocycles. The first-order chi connectivity index (χ1) is 12.5. The Morgan fingerprint density at radius 1 is 1.35 bits per heavy atom. The predicted octanol–water partition coefficient (Wildman–Crippen LogP) is 2.60. The van der Waals surface area contributed by atoms with Crippen molar-refractivity contribution in [3.63, 3.8) is 0 Å². The van der Waals surface area contributed by atoms with Gasteiger partial charge in [0.2, 0.25) is 0 Å². The van der Waals surface area contributed by atoms with Crippen LogP contribution in [0.3, 0.4) is 0 Å². The lowest BCUT2D eigenvalue weighted by atomic mass is 10.0. The molecule has 0 aliphatic carbocycles. The molecule has 0 spiro atoms. The van der Waals surface area contributed by atoms with Gasteiger partial charge in [-0.25, -0.2) is 0 Å². The molecule has 1 fully saturated rings. The van der Waals surface area contributed by atoms with E-state index in [1.54, 1.807) is 43.7 Å². The van der Waals surface area contributed by atoms with Crippen LogP contribution in [0.1, 0.15) is 17.6 Å². The van der Waals surface area contributed by atoms with Crippen LogP contribution < -0.4 is 5.32 Å². The Morgan fingerprint density at radius 2 is 2.12 bits per heavy atom. The van der Waals surface area contributed by atoms with Gasteiger partial charge in [0.05, 0.1) is 17.1 Å². The number of nitrogens with zero attached hydrogens (tertiary/aromatic N) is 3. The van der Waals surface area contributed by atoms with Crippen LogP contribution in [0.25, 0.3) is 0 Å². The van der Waals surface area contributed by atoms with Crippen LogP contribution in [-0.4, -0.2) is 60.6 Å². The molecule has 2 N–H and O–H groups in total. The zero-order valence-corrected chi connectivity index (χ0v) is 16.7. The van der Waals surface area contributed by atoms with Gasteiger partial charge in [-0.3, -0.25) is 9.89 Å². The van der Waals surface area contributed by atoms with Crippen molar-refractivity contribution < 1.29 is 9.52 Å². The number of aliphatic imine (C=N–C) groups is 1. The Balaban J connectivity index is 1.49. The van der Waals surface area contributed by atoms with Crippen molar-refractivity contribution in [2.45, 2.75) is 19.1 Å². The largest absolute Gasteiger partial charge is 0.466 e. The number of hydrogen-bond acceptors (Lipinski definition) is 5. The summed E-state index contributed by atoms with van der Waals surface area (Å²) < 4.78 is 6.16. The molecule has 0 bridgehead atoms. The molecule has 0 saturated carbocycles. The molecule has 1 atom stereocenters. The quantitative estimate of drug-likeness (QED) is 0.600. The van der Waals surface area contributed by atoms with Crippen molar-refractivity contribution in [1.82, 2.24) is 15.1 Å². The van der Waals surface area contributed by atoms with E-state index in [0.29, 0.717) is 12.3 Å². The number of halogens is 1. The lowest BCUT2D eigenvalue weighted by molar-refractivity contribution is 0.0376. The summed E-state index contributed by atoms with van der Waals surface area (Å²) >= 11 is 7.65. The second-order valence-electron chi connectivity index (χ2n) is 6.62. The van der Waals surface area contributed by atoms with Gasteiger partial charge in [0.25, 0.3) is 0 Å². The number of hydrogen-bond donors (Lipinski definition) is 2. The van der Waals surface area contributed by atoms with E-state index in [1.165, 1.54) is 4.88 Å². The first-order valence-corrected chi connectivity index (χ1v) is 9.86. The third-order valence-electron chi connectivity index (χ3n) is 4.53. The highest BCUT2D eigenvalue weighted by Crippen LogP contribution is 2.23. The van der Waals surface area contributed by atoms with Gasteiger partial charge in [-0.2, -0.15) is 0 Å². The number of piperazine rings is 1. The number of rotatable bonds is 5. The van der Waals surface area contributed by atoms with Crippen molar-refractivity contribution in [3.05, 3.63) is 45.5 Å². The van der Waals surface area contributed by atoms with Crippen LogP contribution in [0.15, 0.2) is 39.9 Å². The molecule has 1 unspecified atom stereocenters. The van der Waals surface area contributed by atoms with E-state index in [1.807, 2.05) is 6.07 Å². The van der Waals surface area contributed by atoms with Crippen LogP contribution in [0.5, 0.6) is 0 Å². The number of furan rings is 1. The summed E-state index contributed by atoms with van der Waals surface area (Å²) in [6, 6.07) is 7.60. The van der Waals surface area contributed by atoms with Crippen molar-refractivity contribution >= 4 is 28.9 Å². The monoisotopic (exact) mass is 396 g/mol. The average Bonchev–Trinajstić information content (AvgIpc) is 3.29. The van der Waals surface area contributed by atoms with Gasteiger partial charge in [0, 0.05) is 44.6 Å². The molecule has 6 nitrogen and oxygen atoms in total. The van der Waals surface area contributed by atoms with Gasteiger partial charge < -0.3 is 19.7 Å². The zero-order valence-electron chi connectivity index (χ0n) is 15.1. The Labute approximate surface area is 163 Å². The fourth-order valence-electron chi connectivity index (χ4n) is 3.03. The first kappa shape index (κ1) is 19.2. The summed E-state index contributed by atoms with van der Waals surface area (Å²) in [7, 11) is 1.77. The molecular formula is C18H25ClN4O2S. The maximum Gasteiger partial charge on any atom is 0.193 e. The van der Waals surface area contributed by atoms with Crippen molar-refractivity contribution in [3.8, 4) is 0 Å². The van der Waals surface area contributed by atoms with Gasteiger partial charge in [0.1, 0.15) is 11.4 Å². The molecule has 2 aromatic heterocycles. The predicted molar refractivity (Wildman–Crippen MR) is 106 cm³/mol. The topological polar surface area (TPSA) is 64.2 Å². The molecule has 142 valence electrons. The third-order valence-corrected chi connectivity index (χ3v) is 5.75. The first-order valence-electron chi connectivity index (χ1n) is 8.66. The molecule has 0 aromatic carbocycles. The van der Waals surface area contributed by atoms with Crippen molar-refractivity contribution in [2.75, 3.05) is 39.8 Å². The molecule has 3 heterocycles. The van der Waals surface area contributed by atoms with E-state index in [9.17, 15) is 5.11 Å². The zero-order chi connectivity index (χ0) is 18.6. The number of nitrogens with one attached hydrogen (secondary N) is 1. The fraction of sp³-hybridized carbons (Fsp3) is 0.500. The lowest BCUT2D eigenvalue weighted by Crippen LogP contribution is -2.53. The van der Waals surface area contributed by atoms with Crippen LogP contribution in [-0.2, 0) is 12.1 Å². The molecule has 1 aliphatic rings. The Kier molecular flexibility index (Phi) is 6.24. The number of thiophene rings is 1. The summed E-state index contributed by atoms with van der Waals surface area (Å²) in [5, 5.41) is 13.8. The standard InChI is InChI=1S/C18H25ClN4O2S/c1-18(24,15-4-3-11-25-15)13-21-17(20-2)23-9-7-22(8-10-23)12-14-5-6-16(19)26-14/h3-6,11,24H,7-10,12-13H2,1-2H3,(H,20,21). The second kappa shape index (κ2) is 8.43. The van der Waals surface area contributed by atoms with Gasteiger partial charge in [-0.1, -0.05) is 11.6 Å². The van der Waals surface area contributed by atoms with Gasteiger partial charge in [0.15, 0.2) is 5.96 Å². The molecule has 1 saturated heterocycles. The van der Waals surface area contributed by atoms with E-state index in [2.05, 4.69) is 26.2 Å². The van der Waals surface area contributed by atoms with Crippen molar-refractivity contribution in [1.29, 1.82) is 0 Å². The minimum atomic E-state index is -1.08. The summed E-state index contributed by atoms with van der Waals surface area (Å²) in [4.78, 5) is 10.3. The molecule has 8 heteroatoms. The summed E-state index contributed by atoms with van der Waals surface area (Å²) in [5.41, 5.74) is -1.08. The highest BCUT2D eigenvalue weighted by atomic mass is 35.5. The molecule has 26 heavy (non-hydrogen) atoms. The summed E-state index contributed by atoms with van der Waals surface area (Å²) in [5.74, 6) is 1.34. The Bertz CT molecular complexity index is 721. The van der Waals surface area contributed by atoms with E-state index in [0.717, 1.165) is 43.0 Å². The molecule has 0 amide bonds. The maximum atomic E-state index is 10.6. The molecule has 0 radical (unpaired) electrons. The SMILES string of the molecule is CN=C(NCC(C)(O)c1ccco1)N1CCN(Cc2ccc(Cl)s2)CC1. The van der Waals surface area contributed by atoms with Gasteiger partial charge >= 0.3 is 0 Å². The number of guanidine groups is 1. The second-order valence-corrected chi connectivity index (χ2v) is 8.42. The Hall–Kier alpha value is -1.54. The van der Waals surface area contributed by atoms with Gasteiger partial charge in [-0.05, 0) is 31.2 Å². The van der Waals surface area contributed by atoms with Crippen LogP contribution in [0.4, 0.5) is 0 Å². The fourth-order valence-corrected chi connectivity index (χ4v) is 4.16. The van der Waals surface area contributed by atoms with Crippen LogP contribution >= 0.6 is 22.9 Å². The minimum Gasteiger partial charge on any atom is -0.466 e. The molecule has 3 rings (SSSR count). The minimum absolute atomic E-state index is 0.334. The maximum absolute atomic E-state index is 10.6. The average molecular weight is 397 g/mol. The van der Waals surface area contributed by atoms with Crippen LogP contribution in [0, 0.1) is 0 Å². The highest BCUT2D eigenvalue weighted by Gasteiger charge is 2.28. The van der Waals surface area contributed by atoms with E-state index in [4.69, 9.17) is 16.0 Å². The highest BCUT2D eigenvalue weighted by molar-refractivity contribution is 7.16. The molecular weight excluding hydrogens is 372 g/mol. The normalized spacial score (nSPS) is 18.8. The smallest absolute Gasteiger partial charge is 0.193 e. The molecule has 2 aromatic rings. The lowest BCUT2D eigenvalue weighted by Gasteiger charge is -2.37. The summed E-state index contributed by atoms with van der Waals surface area (Å²) in [6.07, 6.45) is 1.57. The van der Waals surface area contributed by atoms with E-state index >= 15 is 0 Å². The number of aliphatic hydroxyl groups is 1. The van der Waals surface area contributed by atoms with E-state index in [-0.39, 0.29) is 0 Å². The van der Waals surface area contributed by atoms with Crippen molar-refractivity contribution in [2.24, 2.45) is 4.99 Å². The van der Waals surface area contributed by atoms with Crippen LogP contribution in [0.2, 0.25) is 4.34 Å².